The molecule has 0 spiro atoms. The zero-order valence-corrected chi connectivity index (χ0v) is 17.2. The fraction of sp³-hybridized carbons (Fsp3) is 0.429. The summed E-state index contributed by atoms with van der Waals surface area (Å²) in [6.07, 6.45) is 6.57. The van der Waals surface area contributed by atoms with Crippen molar-refractivity contribution in [1.82, 2.24) is 34.0 Å². The minimum Gasteiger partial charge on any atom is -0.372 e. The Hall–Kier alpha value is -3.05. The second-order valence-electron chi connectivity index (χ2n) is 8.02. The molecule has 4 aromatic heterocycles. The van der Waals surface area contributed by atoms with Crippen LogP contribution in [0.1, 0.15) is 37.6 Å². The molecule has 11 heteroatoms. The Morgan fingerprint density at radius 1 is 1.03 bits per heavy atom. The SMILES string of the molecule is OC(c1cc2c(cn1)c(-c1cnc3cnccn13)nn2CC(F)(F)F)N1CCCCCC1. The van der Waals surface area contributed by atoms with Gasteiger partial charge in [-0.1, -0.05) is 12.8 Å². The Labute approximate surface area is 181 Å². The Bertz CT molecular complexity index is 1240. The van der Waals surface area contributed by atoms with E-state index in [9.17, 15) is 18.3 Å². The molecule has 5 rings (SSSR count). The quantitative estimate of drug-likeness (QED) is 0.517. The van der Waals surface area contributed by atoms with Gasteiger partial charge in [0.1, 0.15) is 12.2 Å². The number of hydrogen-bond donors (Lipinski definition) is 1. The van der Waals surface area contributed by atoms with Crippen LogP contribution in [-0.4, -0.2) is 58.4 Å². The molecule has 0 aromatic carbocycles. The maximum atomic E-state index is 13.3. The first kappa shape index (κ1) is 20.8. The highest BCUT2D eigenvalue weighted by molar-refractivity contribution is 5.92. The standard InChI is InChI=1S/C21H22F3N7O/c22-21(23,24)13-31-16-9-15(20(32)29-6-3-1-2-4-7-29)26-10-14(16)19(28-31)17-11-27-18-12-25-5-8-30(17)18/h5,8-12,20,32H,1-4,6-7,13H2. The van der Waals surface area contributed by atoms with Crippen LogP contribution in [0.4, 0.5) is 13.2 Å². The maximum Gasteiger partial charge on any atom is 0.408 e. The van der Waals surface area contributed by atoms with Crippen LogP contribution >= 0.6 is 0 Å². The molecule has 1 atom stereocenters. The summed E-state index contributed by atoms with van der Waals surface area (Å²) in [7, 11) is 0. The molecule has 4 aromatic rings. The van der Waals surface area contributed by atoms with Gasteiger partial charge in [0.2, 0.25) is 0 Å². The predicted molar refractivity (Wildman–Crippen MR) is 111 cm³/mol. The fourth-order valence-electron chi connectivity index (χ4n) is 4.25. The van der Waals surface area contributed by atoms with Gasteiger partial charge in [-0.25, -0.2) is 4.98 Å². The second kappa shape index (κ2) is 8.14. The molecule has 168 valence electrons. The topological polar surface area (TPSA) is 84.4 Å². The molecular weight excluding hydrogens is 423 g/mol. The van der Waals surface area contributed by atoms with Gasteiger partial charge in [-0.3, -0.25) is 24.0 Å². The molecule has 1 saturated heterocycles. The Morgan fingerprint density at radius 2 is 1.81 bits per heavy atom. The molecule has 0 aliphatic carbocycles. The van der Waals surface area contributed by atoms with Gasteiger partial charge in [-0.05, 0) is 18.9 Å². The lowest BCUT2D eigenvalue weighted by Crippen LogP contribution is -2.30. The summed E-state index contributed by atoms with van der Waals surface area (Å²) in [6.45, 7) is 0.207. The van der Waals surface area contributed by atoms with E-state index >= 15 is 0 Å². The zero-order valence-electron chi connectivity index (χ0n) is 17.2. The van der Waals surface area contributed by atoms with Gasteiger partial charge in [0, 0.05) is 37.1 Å². The largest absolute Gasteiger partial charge is 0.408 e. The number of hydrogen-bond acceptors (Lipinski definition) is 6. The highest BCUT2D eigenvalue weighted by atomic mass is 19.4. The van der Waals surface area contributed by atoms with Gasteiger partial charge < -0.3 is 5.11 Å². The summed E-state index contributed by atoms with van der Waals surface area (Å²) in [6, 6.07) is 1.51. The Kier molecular flexibility index (Phi) is 5.30. The third kappa shape index (κ3) is 3.93. The minimum absolute atomic E-state index is 0.264. The van der Waals surface area contributed by atoms with Gasteiger partial charge in [0.15, 0.2) is 11.9 Å². The first-order chi connectivity index (χ1) is 15.4. The smallest absolute Gasteiger partial charge is 0.372 e. The van der Waals surface area contributed by atoms with Crippen molar-refractivity contribution in [3.8, 4) is 11.4 Å². The van der Waals surface area contributed by atoms with Crippen molar-refractivity contribution in [3.05, 3.63) is 42.7 Å². The monoisotopic (exact) mass is 445 g/mol. The zero-order chi connectivity index (χ0) is 22.3. The van der Waals surface area contributed by atoms with E-state index in [0.717, 1.165) is 43.5 Å². The summed E-state index contributed by atoms with van der Waals surface area (Å²) >= 11 is 0. The summed E-state index contributed by atoms with van der Waals surface area (Å²) in [5.74, 6) is 0. The third-order valence-corrected chi connectivity index (χ3v) is 5.80. The van der Waals surface area contributed by atoms with Crippen molar-refractivity contribution >= 4 is 16.6 Å². The number of imidazole rings is 1. The number of halogens is 3. The van der Waals surface area contributed by atoms with Crippen LogP contribution < -0.4 is 0 Å². The van der Waals surface area contributed by atoms with Gasteiger partial charge in [-0.2, -0.15) is 18.3 Å². The number of fused-ring (bicyclic) bond motifs is 2. The van der Waals surface area contributed by atoms with E-state index < -0.39 is 18.9 Å². The van der Waals surface area contributed by atoms with E-state index in [4.69, 9.17) is 0 Å². The van der Waals surface area contributed by atoms with E-state index in [1.807, 2.05) is 4.90 Å². The van der Waals surface area contributed by atoms with E-state index in [2.05, 4.69) is 20.1 Å². The first-order valence-corrected chi connectivity index (χ1v) is 10.5. The van der Waals surface area contributed by atoms with Crippen molar-refractivity contribution in [2.45, 2.75) is 44.6 Å². The number of rotatable bonds is 4. The molecule has 1 aliphatic heterocycles. The molecule has 0 bridgehead atoms. The number of nitrogens with zero attached hydrogens (tertiary/aromatic N) is 7. The molecular formula is C21H22F3N7O. The van der Waals surface area contributed by atoms with Crippen molar-refractivity contribution in [2.24, 2.45) is 0 Å². The van der Waals surface area contributed by atoms with Gasteiger partial charge in [-0.15, -0.1) is 0 Å². The van der Waals surface area contributed by atoms with Gasteiger partial charge in [0.05, 0.1) is 29.3 Å². The predicted octanol–water partition coefficient (Wildman–Crippen LogP) is 3.57. The number of aromatic nitrogens is 6. The number of aliphatic hydroxyl groups is 1. The lowest BCUT2D eigenvalue weighted by atomic mass is 10.2. The fourth-order valence-corrected chi connectivity index (χ4v) is 4.25. The van der Waals surface area contributed by atoms with Crippen LogP contribution in [-0.2, 0) is 6.54 Å². The molecule has 0 amide bonds. The molecule has 1 fully saturated rings. The number of alkyl halides is 3. The third-order valence-electron chi connectivity index (χ3n) is 5.80. The van der Waals surface area contributed by atoms with E-state index in [1.54, 1.807) is 29.2 Å². The summed E-state index contributed by atoms with van der Waals surface area (Å²) in [4.78, 5) is 14.6. The molecule has 0 saturated carbocycles. The van der Waals surface area contributed by atoms with E-state index in [1.165, 1.54) is 12.3 Å². The molecule has 5 heterocycles. The lowest BCUT2D eigenvalue weighted by molar-refractivity contribution is -0.141. The highest BCUT2D eigenvalue weighted by Gasteiger charge is 2.31. The molecule has 1 N–H and O–H groups in total. The maximum absolute atomic E-state index is 13.3. The minimum atomic E-state index is -4.45. The van der Waals surface area contributed by atoms with Gasteiger partial charge in [0.25, 0.3) is 0 Å². The van der Waals surface area contributed by atoms with Crippen LogP contribution in [0.25, 0.3) is 27.9 Å². The average Bonchev–Trinajstić information content (AvgIpc) is 3.21. The van der Waals surface area contributed by atoms with Crippen LogP contribution in [0.3, 0.4) is 0 Å². The number of pyridine rings is 1. The van der Waals surface area contributed by atoms with Crippen molar-refractivity contribution in [3.63, 3.8) is 0 Å². The Balaban J connectivity index is 1.61. The summed E-state index contributed by atoms with van der Waals surface area (Å²) in [5, 5.41) is 15.6. The normalized spacial score (nSPS) is 17.1. The molecule has 1 aliphatic rings. The van der Waals surface area contributed by atoms with Crippen LogP contribution in [0.2, 0.25) is 0 Å². The number of likely N-dealkylation sites (tertiary alicyclic amines) is 1. The van der Waals surface area contributed by atoms with Crippen LogP contribution in [0, 0.1) is 0 Å². The molecule has 8 nitrogen and oxygen atoms in total. The summed E-state index contributed by atoms with van der Waals surface area (Å²) < 4.78 is 42.6. The summed E-state index contributed by atoms with van der Waals surface area (Å²) in [5.41, 5.74) is 2.02. The van der Waals surface area contributed by atoms with E-state index in [0.29, 0.717) is 28.1 Å². The lowest BCUT2D eigenvalue weighted by Gasteiger charge is -2.25. The number of aliphatic hydroxyl groups excluding tert-OH is 1. The van der Waals surface area contributed by atoms with Crippen molar-refractivity contribution < 1.29 is 18.3 Å². The van der Waals surface area contributed by atoms with Gasteiger partial charge >= 0.3 is 6.18 Å². The molecule has 0 radical (unpaired) electrons. The Morgan fingerprint density at radius 3 is 2.56 bits per heavy atom. The highest BCUT2D eigenvalue weighted by Crippen LogP contribution is 2.32. The van der Waals surface area contributed by atoms with Crippen LogP contribution in [0.15, 0.2) is 37.1 Å². The second-order valence-corrected chi connectivity index (χ2v) is 8.02. The van der Waals surface area contributed by atoms with Crippen molar-refractivity contribution in [1.29, 1.82) is 0 Å². The van der Waals surface area contributed by atoms with Crippen LogP contribution in [0.5, 0.6) is 0 Å². The van der Waals surface area contributed by atoms with Crippen molar-refractivity contribution in [2.75, 3.05) is 13.1 Å². The average molecular weight is 445 g/mol. The van der Waals surface area contributed by atoms with E-state index in [-0.39, 0.29) is 5.52 Å². The molecule has 32 heavy (non-hydrogen) atoms. The molecule has 1 unspecified atom stereocenters. The first-order valence-electron chi connectivity index (χ1n) is 10.5.